The van der Waals surface area contributed by atoms with Crippen LogP contribution >= 0.6 is 0 Å². The lowest BCUT2D eigenvalue weighted by Crippen LogP contribution is -2.42. The fourth-order valence-corrected chi connectivity index (χ4v) is 2.95. The number of carbonyl (C=O) groups excluding carboxylic acids is 1. The van der Waals surface area contributed by atoms with Crippen LogP contribution in [0.15, 0.2) is 23.0 Å². The number of hydrogen-bond donors (Lipinski definition) is 3. The summed E-state index contributed by atoms with van der Waals surface area (Å²) in [5.41, 5.74) is 15.6. The van der Waals surface area contributed by atoms with Crippen LogP contribution in [-0.2, 0) is 6.54 Å². The Morgan fingerprint density at radius 2 is 2.27 bits per heavy atom. The van der Waals surface area contributed by atoms with Crippen molar-refractivity contribution in [3.8, 4) is 0 Å². The average Bonchev–Trinajstić information content (AvgIpc) is 2.85. The van der Waals surface area contributed by atoms with Crippen LogP contribution in [0, 0.1) is 6.07 Å². The number of aromatic nitrogens is 1. The van der Waals surface area contributed by atoms with Gasteiger partial charge in [-0.2, -0.15) is 0 Å². The average molecular weight is 300 g/mol. The van der Waals surface area contributed by atoms with Gasteiger partial charge in [0.05, 0.1) is 22.8 Å². The predicted molar refractivity (Wildman–Crippen MR) is 84.3 cm³/mol. The number of anilines is 1. The van der Waals surface area contributed by atoms with Gasteiger partial charge in [0, 0.05) is 11.9 Å². The van der Waals surface area contributed by atoms with E-state index in [-0.39, 0.29) is 11.6 Å². The molecule has 115 valence electrons. The Hall–Kier alpha value is -2.38. The monoisotopic (exact) mass is 300 g/mol. The van der Waals surface area contributed by atoms with Crippen molar-refractivity contribution in [2.24, 2.45) is 11.5 Å². The van der Waals surface area contributed by atoms with E-state index in [2.05, 4.69) is 11.5 Å². The molecule has 2 amide bonds. The van der Waals surface area contributed by atoms with Crippen LogP contribution in [0.5, 0.6) is 0 Å². The molecule has 2 heterocycles. The highest BCUT2D eigenvalue weighted by atomic mass is 16.2. The van der Waals surface area contributed by atoms with Crippen molar-refractivity contribution in [3.05, 3.63) is 40.2 Å². The van der Waals surface area contributed by atoms with Crippen molar-refractivity contribution in [1.82, 2.24) is 9.99 Å². The number of aryl methyl sites for hydroxylation is 1. The molecule has 0 bridgehead atoms. The molecule has 7 nitrogen and oxygen atoms in total. The number of amides is 2. The molecule has 0 saturated carbocycles. The van der Waals surface area contributed by atoms with E-state index in [0.717, 1.165) is 10.9 Å². The van der Waals surface area contributed by atoms with Gasteiger partial charge in [0.15, 0.2) is 0 Å². The van der Waals surface area contributed by atoms with Gasteiger partial charge in [-0.15, -0.1) is 0 Å². The van der Waals surface area contributed by atoms with E-state index >= 15 is 0 Å². The summed E-state index contributed by atoms with van der Waals surface area (Å²) in [6.07, 6.45) is 0.702. The van der Waals surface area contributed by atoms with Crippen LogP contribution in [0.1, 0.15) is 24.9 Å². The molecule has 1 unspecified atom stereocenters. The van der Waals surface area contributed by atoms with E-state index in [1.807, 2.05) is 13.0 Å². The lowest BCUT2D eigenvalue weighted by atomic mass is 10.1. The maximum atomic E-state index is 12.9. The van der Waals surface area contributed by atoms with Gasteiger partial charge in [-0.05, 0) is 38.1 Å². The molecule has 0 aliphatic carbocycles. The van der Waals surface area contributed by atoms with Crippen molar-refractivity contribution in [2.45, 2.75) is 25.9 Å². The second-order valence-corrected chi connectivity index (χ2v) is 5.33. The maximum Gasteiger partial charge on any atom is 0.333 e. The number of nitrogens with zero attached hydrogens (tertiary/aromatic N) is 2. The number of urea groups is 1. The number of hydrazine groups is 1. The number of carbonyl (C=O) groups is 1. The lowest BCUT2D eigenvalue weighted by Gasteiger charge is -2.18. The first kappa shape index (κ1) is 14.6. The van der Waals surface area contributed by atoms with Gasteiger partial charge in [-0.25, -0.2) is 15.2 Å². The molecular formula is C15H18N5O2. The molecule has 5 N–H and O–H groups in total. The van der Waals surface area contributed by atoms with E-state index in [0.29, 0.717) is 30.8 Å². The third kappa shape index (κ3) is 2.06. The van der Waals surface area contributed by atoms with E-state index in [1.54, 1.807) is 16.7 Å². The van der Waals surface area contributed by atoms with Crippen LogP contribution in [0.2, 0.25) is 0 Å². The largest absolute Gasteiger partial charge is 0.350 e. The zero-order valence-corrected chi connectivity index (χ0v) is 12.3. The van der Waals surface area contributed by atoms with Gasteiger partial charge in [0.2, 0.25) is 0 Å². The quantitative estimate of drug-likeness (QED) is 0.772. The van der Waals surface area contributed by atoms with Gasteiger partial charge in [0.1, 0.15) is 0 Å². The van der Waals surface area contributed by atoms with Crippen LogP contribution in [0.3, 0.4) is 0 Å². The molecule has 2 aromatic rings. The number of nitrogens with one attached hydrogen (secondary N) is 1. The number of fused-ring (bicyclic) bond motifs is 3. The summed E-state index contributed by atoms with van der Waals surface area (Å²) in [7, 11) is 0. The van der Waals surface area contributed by atoms with Crippen molar-refractivity contribution >= 4 is 22.6 Å². The molecule has 0 saturated heterocycles. The van der Waals surface area contributed by atoms with Crippen LogP contribution in [0.25, 0.3) is 10.9 Å². The highest BCUT2D eigenvalue weighted by molar-refractivity contribution is 6.03. The summed E-state index contributed by atoms with van der Waals surface area (Å²) in [6.45, 7) is 2.87. The lowest BCUT2D eigenvalue weighted by molar-refractivity contribution is 0.251. The summed E-state index contributed by atoms with van der Waals surface area (Å²) in [5, 5.41) is 2.01. The Bertz CT molecular complexity index is 798. The first-order chi connectivity index (χ1) is 10.6. The summed E-state index contributed by atoms with van der Waals surface area (Å²) in [4.78, 5) is 24.5. The molecule has 1 aromatic carbocycles. The number of rotatable bonds is 3. The summed E-state index contributed by atoms with van der Waals surface area (Å²) >= 11 is 0. The predicted octanol–water partition coefficient (Wildman–Crippen LogP) is 0.615. The fourth-order valence-electron chi connectivity index (χ4n) is 2.95. The van der Waals surface area contributed by atoms with Crippen molar-refractivity contribution < 1.29 is 4.79 Å². The molecule has 1 aliphatic heterocycles. The van der Waals surface area contributed by atoms with E-state index in [1.165, 1.54) is 5.01 Å². The Balaban J connectivity index is 2.36. The zero-order valence-electron chi connectivity index (χ0n) is 12.3. The van der Waals surface area contributed by atoms with Gasteiger partial charge in [-0.3, -0.25) is 4.79 Å². The molecule has 1 aliphatic rings. The van der Waals surface area contributed by atoms with E-state index in [4.69, 9.17) is 11.5 Å². The van der Waals surface area contributed by atoms with E-state index < -0.39 is 6.03 Å². The SMILES string of the molecule is CC1NN(C(N)=O)c2c1c(=O)n(CCCN)c1cc[c]cc21. The fraction of sp³-hybridized carbons (Fsp3) is 0.333. The maximum absolute atomic E-state index is 12.9. The topological polar surface area (TPSA) is 106 Å². The van der Waals surface area contributed by atoms with Crippen molar-refractivity contribution in [2.75, 3.05) is 11.6 Å². The molecule has 3 rings (SSSR count). The van der Waals surface area contributed by atoms with Crippen molar-refractivity contribution in [1.29, 1.82) is 0 Å². The smallest absolute Gasteiger partial charge is 0.333 e. The van der Waals surface area contributed by atoms with Crippen LogP contribution in [-0.4, -0.2) is 17.1 Å². The van der Waals surface area contributed by atoms with Crippen LogP contribution in [0.4, 0.5) is 10.5 Å². The zero-order chi connectivity index (χ0) is 15.9. The Kier molecular flexibility index (Phi) is 3.59. The third-order valence-corrected chi connectivity index (χ3v) is 3.90. The minimum atomic E-state index is -0.644. The van der Waals surface area contributed by atoms with E-state index in [9.17, 15) is 9.59 Å². The summed E-state index contributed by atoms with van der Waals surface area (Å²) in [6, 6.07) is 7.39. The standard InChI is InChI=1S/C15H18N5O2/c1-9-12-13(20(18-9)15(17)22)10-5-2-3-6-11(10)19(14(12)21)8-4-7-16/h3,5-6,9,18H,4,7-8,16H2,1H3,(H2,17,22). The van der Waals surface area contributed by atoms with Gasteiger partial charge < -0.3 is 16.0 Å². The Morgan fingerprint density at radius 3 is 2.95 bits per heavy atom. The molecule has 22 heavy (non-hydrogen) atoms. The molecule has 7 heteroatoms. The number of benzene rings is 1. The van der Waals surface area contributed by atoms with Gasteiger partial charge in [-0.1, -0.05) is 6.07 Å². The second-order valence-electron chi connectivity index (χ2n) is 5.33. The Labute approximate surface area is 127 Å². The third-order valence-electron chi connectivity index (χ3n) is 3.90. The minimum Gasteiger partial charge on any atom is -0.350 e. The molecule has 1 atom stereocenters. The summed E-state index contributed by atoms with van der Waals surface area (Å²) in [5.74, 6) is 0. The first-order valence-corrected chi connectivity index (χ1v) is 7.18. The molecular weight excluding hydrogens is 282 g/mol. The highest BCUT2D eigenvalue weighted by Crippen LogP contribution is 2.36. The van der Waals surface area contributed by atoms with Gasteiger partial charge in [0.25, 0.3) is 5.56 Å². The summed E-state index contributed by atoms with van der Waals surface area (Å²) < 4.78 is 1.71. The second kappa shape index (κ2) is 5.43. The number of nitrogens with two attached hydrogens (primary N) is 2. The van der Waals surface area contributed by atoms with Gasteiger partial charge >= 0.3 is 6.03 Å². The molecule has 0 fully saturated rings. The molecule has 0 spiro atoms. The first-order valence-electron chi connectivity index (χ1n) is 7.18. The van der Waals surface area contributed by atoms with Crippen LogP contribution < -0.4 is 27.5 Å². The number of hydrogen-bond acceptors (Lipinski definition) is 4. The number of pyridine rings is 1. The highest BCUT2D eigenvalue weighted by Gasteiger charge is 2.34. The molecule has 1 aromatic heterocycles. The van der Waals surface area contributed by atoms with Crippen molar-refractivity contribution in [3.63, 3.8) is 0 Å². The molecule has 1 radical (unpaired) electrons. The normalized spacial score (nSPS) is 17.0. The Morgan fingerprint density at radius 1 is 1.50 bits per heavy atom. The minimum absolute atomic E-state index is 0.120. The number of primary amides is 1.